The Kier molecular flexibility index (Phi) is 4.47. The zero-order valence-electron chi connectivity index (χ0n) is 11.4. The molecule has 0 bridgehead atoms. The van der Waals surface area contributed by atoms with E-state index in [-0.39, 0.29) is 0 Å². The highest BCUT2D eigenvalue weighted by Crippen LogP contribution is 2.36. The Morgan fingerprint density at radius 3 is 2.71 bits per heavy atom. The number of thiazole rings is 1. The number of rotatable bonds is 4. The highest BCUT2D eigenvalue weighted by Gasteiger charge is 2.18. The van der Waals surface area contributed by atoms with Gasteiger partial charge in [-0.25, -0.2) is 4.98 Å². The van der Waals surface area contributed by atoms with Crippen molar-refractivity contribution in [2.75, 3.05) is 19.0 Å². The van der Waals surface area contributed by atoms with Crippen molar-refractivity contribution in [1.29, 1.82) is 0 Å². The summed E-state index contributed by atoms with van der Waals surface area (Å²) in [7, 11) is -1.19. The molecule has 0 fully saturated rings. The number of aryl methyl sites for hydroxylation is 2. The third kappa shape index (κ3) is 3.39. The SMILES string of the molecule is Cc1nc(CC[S@](=O)c2cc3c(cc2Cl)OCCO3)cs1. The summed E-state index contributed by atoms with van der Waals surface area (Å²) in [4.78, 5) is 4.97. The third-order valence-corrected chi connectivity index (χ3v) is 5.70. The highest BCUT2D eigenvalue weighted by atomic mass is 35.5. The van der Waals surface area contributed by atoms with Gasteiger partial charge in [-0.3, -0.25) is 4.21 Å². The minimum Gasteiger partial charge on any atom is -0.486 e. The number of halogens is 1. The first-order valence-electron chi connectivity index (χ1n) is 6.52. The molecule has 1 aliphatic heterocycles. The van der Waals surface area contributed by atoms with Gasteiger partial charge in [0.15, 0.2) is 11.5 Å². The maximum absolute atomic E-state index is 12.4. The van der Waals surface area contributed by atoms with Gasteiger partial charge in [0.25, 0.3) is 0 Å². The molecule has 2 aromatic rings. The predicted octanol–water partition coefficient (Wildman–Crippen LogP) is 3.23. The first kappa shape index (κ1) is 14.8. The molecule has 0 saturated carbocycles. The molecule has 0 amide bonds. The van der Waals surface area contributed by atoms with Gasteiger partial charge < -0.3 is 9.47 Å². The molecule has 3 rings (SSSR count). The topological polar surface area (TPSA) is 48.4 Å². The van der Waals surface area contributed by atoms with E-state index in [1.807, 2.05) is 12.3 Å². The maximum atomic E-state index is 12.4. The molecule has 2 heterocycles. The summed E-state index contributed by atoms with van der Waals surface area (Å²) < 4.78 is 23.4. The van der Waals surface area contributed by atoms with Gasteiger partial charge in [-0.1, -0.05) is 11.6 Å². The van der Waals surface area contributed by atoms with Crippen molar-refractivity contribution in [3.63, 3.8) is 0 Å². The average molecular weight is 344 g/mol. The molecule has 112 valence electrons. The van der Waals surface area contributed by atoms with Gasteiger partial charge in [0.05, 0.1) is 31.4 Å². The van der Waals surface area contributed by atoms with E-state index in [1.165, 1.54) is 0 Å². The Labute approximate surface area is 134 Å². The van der Waals surface area contributed by atoms with Gasteiger partial charge >= 0.3 is 0 Å². The van der Waals surface area contributed by atoms with Crippen molar-refractivity contribution >= 4 is 33.7 Å². The molecular formula is C14H14ClNO3S2. The zero-order valence-corrected chi connectivity index (χ0v) is 13.8. The number of nitrogens with zero attached hydrogens (tertiary/aromatic N) is 1. The second-order valence-corrected chi connectivity index (χ2v) is 7.59. The van der Waals surface area contributed by atoms with Crippen LogP contribution in [0.1, 0.15) is 10.7 Å². The van der Waals surface area contributed by atoms with E-state index in [0.717, 1.165) is 10.7 Å². The minimum absolute atomic E-state index is 0.451. The summed E-state index contributed by atoms with van der Waals surface area (Å²) >= 11 is 7.80. The van der Waals surface area contributed by atoms with E-state index < -0.39 is 10.8 Å². The quantitative estimate of drug-likeness (QED) is 0.855. The molecule has 1 aliphatic rings. The largest absolute Gasteiger partial charge is 0.486 e. The van der Waals surface area contributed by atoms with Crippen LogP contribution in [0.3, 0.4) is 0 Å². The fourth-order valence-electron chi connectivity index (χ4n) is 2.05. The van der Waals surface area contributed by atoms with Crippen LogP contribution in [-0.2, 0) is 17.2 Å². The second kappa shape index (κ2) is 6.34. The third-order valence-electron chi connectivity index (χ3n) is 3.05. The molecule has 0 N–H and O–H groups in total. The molecule has 0 radical (unpaired) electrons. The van der Waals surface area contributed by atoms with Crippen LogP contribution in [0, 0.1) is 6.92 Å². The van der Waals surface area contributed by atoms with Crippen LogP contribution in [0.5, 0.6) is 11.5 Å². The van der Waals surface area contributed by atoms with E-state index in [9.17, 15) is 4.21 Å². The highest BCUT2D eigenvalue weighted by molar-refractivity contribution is 7.85. The minimum atomic E-state index is -1.19. The Morgan fingerprint density at radius 2 is 2.05 bits per heavy atom. The van der Waals surface area contributed by atoms with Gasteiger partial charge in [0.2, 0.25) is 0 Å². The fourth-order valence-corrected chi connectivity index (χ4v) is 4.24. The summed E-state index contributed by atoms with van der Waals surface area (Å²) in [6.45, 7) is 2.97. The zero-order chi connectivity index (χ0) is 14.8. The van der Waals surface area contributed by atoms with Gasteiger partial charge in [0, 0.05) is 29.7 Å². The smallest absolute Gasteiger partial charge is 0.162 e. The molecule has 4 nitrogen and oxygen atoms in total. The van der Waals surface area contributed by atoms with Crippen LogP contribution in [0.4, 0.5) is 0 Å². The van der Waals surface area contributed by atoms with E-state index in [1.54, 1.807) is 23.5 Å². The van der Waals surface area contributed by atoms with Crippen molar-refractivity contribution in [2.24, 2.45) is 0 Å². The monoisotopic (exact) mass is 343 g/mol. The van der Waals surface area contributed by atoms with E-state index >= 15 is 0 Å². The summed E-state index contributed by atoms with van der Waals surface area (Å²) in [5, 5.41) is 3.47. The molecule has 1 aromatic carbocycles. The fraction of sp³-hybridized carbons (Fsp3) is 0.357. The van der Waals surface area contributed by atoms with Gasteiger partial charge in [-0.2, -0.15) is 0 Å². The summed E-state index contributed by atoms with van der Waals surface area (Å²) in [6, 6.07) is 3.40. The molecule has 21 heavy (non-hydrogen) atoms. The first-order valence-corrected chi connectivity index (χ1v) is 9.09. The van der Waals surface area contributed by atoms with Gasteiger partial charge in [0.1, 0.15) is 13.2 Å². The molecule has 0 aliphatic carbocycles. The van der Waals surface area contributed by atoms with E-state index in [4.69, 9.17) is 21.1 Å². The Bertz CT molecular complexity index is 687. The standard InChI is InChI=1S/C14H14ClNO3S2/c1-9-16-10(8-20-9)2-5-21(17)14-7-13-12(6-11(14)15)18-3-4-19-13/h6-8H,2-5H2,1H3/t21-/m0/s1. The molecule has 7 heteroatoms. The number of aromatic nitrogens is 1. The maximum Gasteiger partial charge on any atom is 0.162 e. The van der Waals surface area contributed by atoms with Crippen LogP contribution in [0.25, 0.3) is 0 Å². The van der Waals surface area contributed by atoms with Crippen LogP contribution >= 0.6 is 22.9 Å². The molecule has 1 aromatic heterocycles. The Morgan fingerprint density at radius 1 is 1.33 bits per heavy atom. The van der Waals surface area contributed by atoms with Crippen molar-refractivity contribution in [3.8, 4) is 11.5 Å². The Hall–Kier alpha value is -1.11. The summed E-state index contributed by atoms with van der Waals surface area (Å²) in [5.41, 5.74) is 0.972. The Balaban J connectivity index is 1.75. The lowest BCUT2D eigenvalue weighted by molar-refractivity contribution is 0.171. The van der Waals surface area contributed by atoms with Gasteiger partial charge in [-0.15, -0.1) is 11.3 Å². The molecular weight excluding hydrogens is 330 g/mol. The number of fused-ring (bicyclic) bond motifs is 1. The number of benzene rings is 1. The lowest BCUT2D eigenvalue weighted by Crippen LogP contribution is -2.16. The molecule has 0 spiro atoms. The first-order chi connectivity index (χ1) is 10.1. The van der Waals surface area contributed by atoms with Crippen LogP contribution in [0.15, 0.2) is 22.4 Å². The van der Waals surface area contributed by atoms with Crippen LogP contribution in [0.2, 0.25) is 5.02 Å². The summed E-state index contributed by atoms with van der Waals surface area (Å²) in [5.74, 6) is 1.71. The van der Waals surface area contributed by atoms with Crippen molar-refractivity contribution in [3.05, 3.63) is 33.2 Å². The van der Waals surface area contributed by atoms with E-state index in [2.05, 4.69) is 4.98 Å². The van der Waals surface area contributed by atoms with Crippen molar-refractivity contribution in [2.45, 2.75) is 18.2 Å². The summed E-state index contributed by atoms with van der Waals surface area (Å²) in [6.07, 6.45) is 0.668. The molecule has 0 unspecified atom stereocenters. The van der Waals surface area contributed by atoms with Crippen LogP contribution in [-0.4, -0.2) is 28.2 Å². The van der Waals surface area contributed by atoms with E-state index in [0.29, 0.717) is 46.8 Å². The second-order valence-electron chi connectivity index (χ2n) is 4.58. The number of ether oxygens (including phenoxy) is 2. The average Bonchev–Trinajstić information content (AvgIpc) is 2.89. The molecule has 1 atom stereocenters. The lowest BCUT2D eigenvalue weighted by Gasteiger charge is -2.19. The predicted molar refractivity (Wildman–Crippen MR) is 84.3 cm³/mol. The van der Waals surface area contributed by atoms with Gasteiger partial charge in [-0.05, 0) is 6.92 Å². The normalized spacial score (nSPS) is 15.0. The molecule has 0 saturated heterocycles. The lowest BCUT2D eigenvalue weighted by atomic mass is 10.3. The van der Waals surface area contributed by atoms with Crippen LogP contribution < -0.4 is 9.47 Å². The van der Waals surface area contributed by atoms with Crippen molar-refractivity contribution in [1.82, 2.24) is 4.98 Å². The number of hydrogen-bond acceptors (Lipinski definition) is 5. The van der Waals surface area contributed by atoms with Crippen molar-refractivity contribution < 1.29 is 13.7 Å². The number of hydrogen-bond donors (Lipinski definition) is 0.